The van der Waals surface area contributed by atoms with Crippen LogP contribution in [0.1, 0.15) is 32.8 Å². The number of sulfonamides is 1. The Kier molecular flexibility index (Phi) is 8.27. The summed E-state index contributed by atoms with van der Waals surface area (Å²) in [5, 5.41) is 3.09. The van der Waals surface area contributed by atoms with Crippen molar-refractivity contribution in [2.45, 2.75) is 45.1 Å². The van der Waals surface area contributed by atoms with Gasteiger partial charge in [-0.1, -0.05) is 31.5 Å². The van der Waals surface area contributed by atoms with Gasteiger partial charge in [-0.25, -0.2) is 8.42 Å². The van der Waals surface area contributed by atoms with E-state index in [2.05, 4.69) is 20.9 Å². The highest BCUT2D eigenvalue weighted by molar-refractivity contribution is 7.89. The topological polar surface area (TPSA) is 99.3 Å². The summed E-state index contributed by atoms with van der Waals surface area (Å²) in [6.45, 7) is 8.18. The number of hydrazine groups is 1. The molecule has 9 heteroatoms. The lowest BCUT2D eigenvalue weighted by Crippen LogP contribution is -2.54. The Balaban J connectivity index is 2.85. The van der Waals surface area contributed by atoms with Crippen LogP contribution in [-0.4, -0.2) is 32.0 Å². The molecule has 0 aliphatic carbocycles. The number of rotatable bonds is 7. The van der Waals surface area contributed by atoms with E-state index in [0.29, 0.717) is 13.0 Å². The highest BCUT2D eigenvalue weighted by Crippen LogP contribution is 2.13. The zero-order valence-electron chi connectivity index (χ0n) is 14.9. The number of aryl methyl sites for hydroxylation is 1. The third kappa shape index (κ3) is 7.37. The van der Waals surface area contributed by atoms with Gasteiger partial charge in [0.1, 0.15) is 6.04 Å². The fourth-order valence-electron chi connectivity index (χ4n) is 2.06. The molecule has 0 heterocycles. The Morgan fingerprint density at radius 1 is 1.16 bits per heavy atom. The smallest absolute Gasteiger partial charge is 0.256 e. The molecule has 0 unspecified atom stereocenters. The van der Waals surface area contributed by atoms with Crippen LogP contribution in [0.2, 0.25) is 0 Å². The molecule has 1 atom stereocenters. The second-order valence-electron chi connectivity index (χ2n) is 6.09. The molecular formula is C16H26N4O3S2. The molecule has 7 nitrogen and oxygen atoms in total. The molecule has 0 aliphatic rings. The number of benzene rings is 1. The van der Waals surface area contributed by atoms with E-state index in [9.17, 15) is 13.2 Å². The van der Waals surface area contributed by atoms with Crippen LogP contribution in [0.3, 0.4) is 0 Å². The monoisotopic (exact) mass is 386 g/mol. The number of thiocarbonyl (C=S) groups is 1. The van der Waals surface area contributed by atoms with Crippen LogP contribution >= 0.6 is 12.2 Å². The van der Waals surface area contributed by atoms with Gasteiger partial charge in [-0.15, -0.1) is 0 Å². The lowest BCUT2D eigenvalue weighted by molar-refractivity contribution is -0.123. The molecule has 0 aromatic heterocycles. The predicted molar refractivity (Wildman–Crippen MR) is 102 cm³/mol. The molecule has 4 N–H and O–H groups in total. The van der Waals surface area contributed by atoms with Gasteiger partial charge < -0.3 is 5.32 Å². The van der Waals surface area contributed by atoms with Gasteiger partial charge in [-0.05, 0) is 50.5 Å². The third-order valence-corrected chi connectivity index (χ3v) is 5.02. The first-order valence-corrected chi connectivity index (χ1v) is 9.97. The van der Waals surface area contributed by atoms with Crippen LogP contribution in [0.15, 0.2) is 29.2 Å². The second-order valence-corrected chi connectivity index (χ2v) is 8.21. The number of carbonyl (C=O) groups excluding carboxylic acids is 1. The quantitative estimate of drug-likeness (QED) is 0.415. The maximum Gasteiger partial charge on any atom is 0.256 e. The lowest BCUT2D eigenvalue weighted by Gasteiger charge is -2.21. The number of nitrogens with one attached hydrogen (secondary N) is 4. The summed E-state index contributed by atoms with van der Waals surface area (Å²) >= 11 is 4.97. The van der Waals surface area contributed by atoms with E-state index in [4.69, 9.17) is 12.2 Å². The van der Waals surface area contributed by atoms with Gasteiger partial charge in [0.2, 0.25) is 10.0 Å². The average molecular weight is 387 g/mol. The van der Waals surface area contributed by atoms with E-state index in [-0.39, 0.29) is 15.9 Å². The summed E-state index contributed by atoms with van der Waals surface area (Å²) in [6, 6.07) is 5.54. The summed E-state index contributed by atoms with van der Waals surface area (Å²) in [5.74, 6) is -0.373. The van der Waals surface area contributed by atoms with Crippen molar-refractivity contribution in [3.63, 3.8) is 0 Å². The summed E-state index contributed by atoms with van der Waals surface area (Å²) in [7, 11) is -3.80. The highest BCUT2D eigenvalue weighted by Gasteiger charge is 2.26. The minimum Gasteiger partial charge on any atom is -0.362 e. The Hall–Kier alpha value is -1.71. The van der Waals surface area contributed by atoms with E-state index in [0.717, 1.165) is 5.56 Å². The van der Waals surface area contributed by atoms with Crippen LogP contribution in [0.25, 0.3) is 0 Å². The third-order valence-electron chi connectivity index (χ3n) is 3.29. The molecule has 1 aromatic carbocycles. The molecule has 0 radical (unpaired) electrons. The van der Waals surface area contributed by atoms with Crippen molar-refractivity contribution in [3.05, 3.63) is 29.8 Å². The van der Waals surface area contributed by atoms with Crippen molar-refractivity contribution in [2.75, 3.05) is 6.54 Å². The molecule has 25 heavy (non-hydrogen) atoms. The van der Waals surface area contributed by atoms with Crippen LogP contribution in [0, 0.1) is 12.8 Å². The molecule has 140 valence electrons. The SMILES string of the molecule is CCNC(=S)NNC(=O)[C@H](CC(C)C)NS(=O)(=O)c1ccc(C)cc1. The van der Waals surface area contributed by atoms with Gasteiger partial charge in [0.15, 0.2) is 5.11 Å². The molecule has 0 bridgehead atoms. The molecule has 1 rings (SSSR count). The van der Waals surface area contributed by atoms with Crippen molar-refractivity contribution in [1.82, 2.24) is 20.9 Å². The second kappa shape index (κ2) is 9.69. The van der Waals surface area contributed by atoms with Crippen molar-refractivity contribution in [3.8, 4) is 0 Å². The number of carbonyl (C=O) groups is 1. The Bertz CT molecular complexity index is 688. The Labute approximate surface area is 155 Å². The summed E-state index contributed by atoms with van der Waals surface area (Å²) in [6.07, 6.45) is 0.354. The van der Waals surface area contributed by atoms with Crippen LogP contribution < -0.4 is 20.9 Å². The molecule has 0 aliphatic heterocycles. The van der Waals surface area contributed by atoms with Crippen molar-refractivity contribution in [1.29, 1.82) is 0 Å². The van der Waals surface area contributed by atoms with Crippen molar-refractivity contribution >= 4 is 33.3 Å². The van der Waals surface area contributed by atoms with Crippen LogP contribution in [0.4, 0.5) is 0 Å². The van der Waals surface area contributed by atoms with Crippen LogP contribution in [-0.2, 0) is 14.8 Å². The Morgan fingerprint density at radius 3 is 2.28 bits per heavy atom. The lowest BCUT2D eigenvalue weighted by atomic mass is 10.0. The van der Waals surface area contributed by atoms with Gasteiger partial charge in [0, 0.05) is 6.54 Å². The van der Waals surface area contributed by atoms with E-state index in [1.165, 1.54) is 12.1 Å². The normalized spacial score (nSPS) is 12.5. The van der Waals surface area contributed by atoms with Gasteiger partial charge >= 0.3 is 0 Å². The van der Waals surface area contributed by atoms with Gasteiger partial charge in [0.25, 0.3) is 5.91 Å². The maximum absolute atomic E-state index is 12.5. The molecule has 0 saturated heterocycles. The summed E-state index contributed by atoms with van der Waals surface area (Å²) < 4.78 is 27.5. The highest BCUT2D eigenvalue weighted by atomic mass is 32.2. The fourth-order valence-corrected chi connectivity index (χ4v) is 3.47. The minimum absolute atomic E-state index is 0.121. The molecule has 0 saturated carbocycles. The first kappa shape index (κ1) is 21.3. The van der Waals surface area contributed by atoms with E-state index >= 15 is 0 Å². The zero-order valence-corrected chi connectivity index (χ0v) is 16.6. The van der Waals surface area contributed by atoms with Crippen molar-refractivity contribution < 1.29 is 13.2 Å². The van der Waals surface area contributed by atoms with E-state index in [1.54, 1.807) is 12.1 Å². The Morgan fingerprint density at radius 2 is 1.76 bits per heavy atom. The number of amides is 1. The minimum atomic E-state index is -3.80. The molecule has 0 fully saturated rings. The number of hydrogen-bond acceptors (Lipinski definition) is 4. The van der Waals surface area contributed by atoms with Gasteiger partial charge in [0.05, 0.1) is 4.90 Å². The largest absolute Gasteiger partial charge is 0.362 e. The molecule has 1 aromatic rings. The van der Waals surface area contributed by atoms with Crippen LogP contribution in [0.5, 0.6) is 0 Å². The molecule has 1 amide bonds. The van der Waals surface area contributed by atoms with E-state index in [1.807, 2.05) is 27.7 Å². The first-order chi connectivity index (χ1) is 11.7. The molecule has 0 spiro atoms. The van der Waals surface area contributed by atoms with Crippen molar-refractivity contribution in [2.24, 2.45) is 5.92 Å². The molecular weight excluding hydrogens is 360 g/mol. The standard InChI is InChI=1S/C16H26N4O3S2/c1-5-17-16(24)19-18-15(21)14(10-11(2)3)20-25(22,23)13-8-6-12(4)7-9-13/h6-9,11,14,20H,5,10H2,1-4H3,(H,18,21)(H2,17,19,24)/t14-/m0/s1. The average Bonchev–Trinajstić information content (AvgIpc) is 2.52. The fraction of sp³-hybridized carbons (Fsp3) is 0.500. The zero-order chi connectivity index (χ0) is 19.0. The van der Waals surface area contributed by atoms with E-state index < -0.39 is 22.0 Å². The summed E-state index contributed by atoms with van der Waals surface area (Å²) in [4.78, 5) is 12.5. The van der Waals surface area contributed by atoms with Gasteiger partial charge in [-0.3, -0.25) is 15.6 Å². The summed E-state index contributed by atoms with van der Waals surface area (Å²) in [5.41, 5.74) is 5.95. The predicted octanol–water partition coefficient (Wildman–Crippen LogP) is 1.20. The number of hydrogen-bond donors (Lipinski definition) is 4. The van der Waals surface area contributed by atoms with Gasteiger partial charge in [-0.2, -0.15) is 4.72 Å². The first-order valence-electron chi connectivity index (χ1n) is 8.08. The maximum atomic E-state index is 12.5.